The quantitative estimate of drug-likeness (QED) is 0.425. The van der Waals surface area contributed by atoms with Crippen LogP contribution in [0.15, 0.2) is 72.8 Å². The number of carboxylic acid groups (broad SMARTS) is 1. The molecule has 1 heterocycles. The predicted molar refractivity (Wildman–Crippen MR) is 123 cm³/mol. The molecule has 0 spiro atoms. The number of rotatable bonds is 7. The van der Waals surface area contributed by atoms with E-state index in [4.69, 9.17) is 4.74 Å². The Morgan fingerprint density at radius 3 is 2.44 bits per heavy atom. The van der Waals surface area contributed by atoms with E-state index in [9.17, 15) is 14.7 Å². The minimum atomic E-state index is -0.984. The molecule has 32 heavy (non-hydrogen) atoms. The third-order valence-electron chi connectivity index (χ3n) is 4.77. The summed E-state index contributed by atoms with van der Waals surface area (Å²) in [4.78, 5) is 23.8. The lowest BCUT2D eigenvalue weighted by atomic mass is 9.98. The molecule has 0 atom stereocenters. The molecule has 8 heteroatoms. The fourth-order valence-electron chi connectivity index (χ4n) is 3.22. The van der Waals surface area contributed by atoms with E-state index < -0.39 is 5.97 Å². The molecule has 7 nitrogen and oxygen atoms in total. The van der Waals surface area contributed by atoms with Crippen molar-refractivity contribution >= 4 is 28.3 Å². The van der Waals surface area contributed by atoms with Gasteiger partial charge in [-0.3, -0.25) is 4.79 Å². The van der Waals surface area contributed by atoms with Crippen molar-refractivity contribution in [1.29, 1.82) is 0 Å². The van der Waals surface area contributed by atoms with Crippen LogP contribution < -0.4 is 10.1 Å². The Labute approximate surface area is 188 Å². The van der Waals surface area contributed by atoms with Crippen LogP contribution in [0.25, 0.3) is 21.7 Å². The summed E-state index contributed by atoms with van der Waals surface area (Å²) in [7, 11) is 1.59. The molecule has 0 aliphatic heterocycles. The van der Waals surface area contributed by atoms with Crippen molar-refractivity contribution in [3.05, 3.63) is 83.9 Å². The molecular formula is C24H19N3O4S. The first kappa shape index (κ1) is 21.2. The van der Waals surface area contributed by atoms with E-state index >= 15 is 0 Å². The normalized spacial score (nSPS) is 10.5. The summed E-state index contributed by atoms with van der Waals surface area (Å²) in [5.41, 5.74) is 3.48. The molecule has 0 radical (unpaired) electrons. The molecule has 160 valence electrons. The number of nitrogens with zero attached hydrogens (tertiary/aromatic N) is 2. The number of carbonyl (C=O) groups is 2. The first-order chi connectivity index (χ1) is 15.5. The molecule has 0 aliphatic carbocycles. The summed E-state index contributed by atoms with van der Waals surface area (Å²) in [6, 6.07) is 21.6. The van der Waals surface area contributed by atoms with Gasteiger partial charge in [0.15, 0.2) is 0 Å². The molecule has 1 amide bonds. The first-order valence-electron chi connectivity index (χ1n) is 9.73. The average Bonchev–Trinajstić information content (AvgIpc) is 3.27. The number of hydrogen-bond acceptors (Lipinski definition) is 6. The number of hydrogen-bond donors (Lipinski definition) is 2. The second-order valence-electron chi connectivity index (χ2n) is 6.92. The van der Waals surface area contributed by atoms with E-state index in [1.165, 1.54) is 11.3 Å². The van der Waals surface area contributed by atoms with Gasteiger partial charge >= 0.3 is 5.97 Å². The van der Waals surface area contributed by atoms with Gasteiger partial charge in [-0.15, -0.1) is 10.2 Å². The fourth-order valence-corrected chi connectivity index (χ4v) is 4.02. The highest BCUT2D eigenvalue weighted by Crippen LogP contribution is 2.35. The highest BCUT2D eigenvalue weighted by atomic mass is 32.1. The van der Waals surface area contributed by atoms with Gasteiger partial charge < -0.3 is 15.2 Å². The van der Waals surface area contributed by atoms with E-state index in [1.54, 1.807) is 25.3 Å². The van der Waals surface area contributed by atoms with E-state index in [-0.39, 0.29) is 17.9 Å². The summed E-state index contributed by atoms with van der Waals surface area (Å²) >= 11 is 1.26. The third kappa shape index (κ3) is 4.81. The lowest BCUT2D eigenvalue weighted by Crippen LogP contribution is -2.14. The zero-order chi connectivity index (χ0) is 22.5. The molecule has 2 N–H and O–H groups in total. The molecule has 4 aromatic rings. The van der Waals surface area contributed by atoms with Gasteiger partial charge in [-0.2, -0.15) is 0 Å². The molecule has 4 rings (SSSR count). The van der Waals surface area contributed by atoms with Crippen molar-refractivity contribution in [2.75, 3.05) is 12.4 Å². The van der Waals surface area contributed by atoms with E-state index in [0.29, 0.717) is 10.1 Å². The maximum Gasteiger partial charge on any atom is 0.335 e. The van der Waals surface area contributed by atoms with Crippen LogP contribution in [0, 0.1) is 0 Å². The number of ether oxygens (including phenoxy) is 1. The molecule has 0 fully saturated rings. The summed E-state index contributed by atoms with van der Waals surface area (Å²) in [6.45, 7) is 0. The number of amides is 1. The van der Waals surface area contributed by atoms with Crippen molar-refractivity contribution in [2.24, 2.45) is 0 Å². The van der Waals surface area contributed by atoms with E-state index in [1.807, 2.05) is 54.6 Å². The lowest BCUT2D eigenvalue weighted by molar-refractivity contribution is -0.115. The van der Waals surface area contributed by atoms with Crippen LogP contribution in [0.3, 0.4) is 0 Å². The monoisotopic (exact) mass is 445 g/mol. The summed E-state index contributed by atoms with van der Waals surface area (Å²) < 4.78 is 5.13. The van der Waals surface area contributed by atoms with Crippen molar-refractivity contribution in [1.82, 2.24) is 10.2 Å². The molecule has 0 saturated heterocycles. The molecule has 1 aromatic heterocycles. The third-order valence-corrected chi connectivity index (χ3v) is 5.65. The van der Waals surface area contributed by atoms with Crippen LogP contribution in [0.5, 0.6) is 5.75 Å². The van der Waals surface area contributed by atoms with E-state index in [0.717, 1.165) is 28.0 Å². The van der Waals surface area contributed by atoms with Gasteiger partial charge in [0, 0.05) is 5.56 Å². The highest BCUT2D eigenvalue weighted by molar-refractivity contribution is 7.18. The Morgan fingerprint density at radius 2 is 1.72 bits per heavy atom. The summed E-state index contributed by atoms with van der Waals surface area (Å²) in [6.07, 6.45) is 0.206. The van der Waals surface area contributed by atoms with Crippen molar-refractivity contribution in [2.45, 2.75) is 6.42 Å². The highest BCUT2D eigenvalue weighted by Gasteiger charge is 2.15. The molecule has 0 bridgehead atoms. The van der Waals surface area contributed by atoms with Crippen LogP contribution in [-0.2, 0) is 11.2 Å². The van der Waals surface area contributed by atoms with Gasteiger partial charge in [0.25, 0.3) is 0 Å². The minimum absolute atomic E-state index is 0.194. The number of anilines is 1. The van der Waals surface area contributed by atoms with Gasteiger partial charge in [-0.25, -0.2) is 4.79 Å². The largest absolute Gasteiger partial charge is 0.497 e. The average molecular weight is 446 g/mol. The van der Waals surface area contributed by atoms with E-state index in [2.05, 4.69) is 15.5 Å². The van der Waals surface area contributed by atoms with Crippen LogP contribution in [-0.4, -0.2) is 34.3 Å². The number of methoxy groups -OCH3 is 1. The molecular weight excluding hydrogens is 426 g/mol. The van der Waals surface area contributed by atoms with Gasteiger partial charge in [0.05, 0.1) is 19.1 Å². The smallest absolute Gasteiger partial charge is 0.335 e. The van der Waals surface area contributed by atoms with Crippen molar-refractivity contribution in [3.63, 3.8) is 0 Å². The maximum atomic E-state index is 12.4. The Balaban J connectivity index is 1.53. The Kier molecular flexibility index (Phi) is 6.23. The molecule has 0 saturated carbocycles. The molecule has 3 aromatic carbocycles. The molecule has 0 aliphatic rings. The number of carboxylic acids is 1. The second kappa shape index (κ2) is 9.40. The zero-order valence-corrected chi connectivity index (χ0v) is 17.9. The number of carbonyl (C=O) groups excluding carboxylic acids is 1. The first-order valence-corrected chi connectivity index (χ1v) is 10.5. The van der Waals surface area contributed by atoms with Crippen LogP contribution >= 0.6 is 11.3 Å². The van der Waals surface area contributed by atoms with Crippen LogP contribution in [0.4, 0.5) is 5.13 Å². The second-order valence-corrected chi connectivity index (χ2v) is 7.89. The number of benzene rings is 3. The Morgan fingerprint density at radius 1 is 0.969 bits per heavy atom. The molecule has 0 unspecified atom stereocenters. The van der Waals surface area contributed by atoms with Gasteiger partial charge in [-0.05, 0) is 41.0 Å². The number of aromatic carboxylic acids is 1. The van der Waals surface area contributed by atoms with Gasteiger partial charge in [0.2, 0.25) is 11.0 Å². The topological polar surface area (TPSA) is 101 Å². The Hall–Kier alpha value is -4.04. The SMILES string of the molecule is COc1ccc(CC(=O)Nc2nnc(-c3ccccc3-c3cccc(C(=O)O)c3)s2)cc1. The van der Waals surface area contributed by atoms with Crippen molar-refractivity contribution in [3.8, 4) is 27.4 Å². The standard InChI is InChI=1S/C24H19N3O4S/c1-31-18-11-9-15(10-12-18)13-21(28)25-24-27-26-22(32-24)20-8-3-2-7-19(20)16-5-4-6-17(14-16)23(29)30/h2-12,14H,13H2,1H3,(H,29,30)(H,25,27,28). The maximum absolute atomic E-state index is 12.4. The van der Waals surface area contributed by atoms with Crippen LogP contribution in [0.1, 0.15) is 15.9 Å². The number of aromatic nitrogens is 2. The number of nitrogens with one attached hydrogen (secondary N) is 1. The van der Waals surface area contributed by atoms with Gasteiger partial charge in [-0.1, -0.05) is 59.9 Å². The predicted octanol–water partition coefficient (Wildman–Crippen LogP) is 4.76. The van der Waals surface area contributed by atoms with Crippen LogP contribution in [0.2, 0.25) is 0 Å². The fraction of sp³-hybridized carbons (Fsp3) is 0.0833. The van der Waals surface area contributed by atoms with Crippen molar-refractivity contribution < 1.29 is 19.4 Å². The van der Waals surface area contributed by atoms with Gasteiger partial charge in [0.1, 0.15) is 10.8 Å². The zero-order valence-electron chi connectivity index (χ0n) is 17.1. The minimum Gasteiger partial charge on any atom is -0.497 e. The Bertz CT molecular complexity index is 1270. The summed E-state index contributed by atoms with van der Waals surface area (Å²) in [5.74, 6) is -0.446. The summed E-state index contributed by atoms with van der Waals surface area (Å²) in [5, 5.41) is 21.4. The lowest BCUT2D eigenvalue weighted by Gasteiger charge is -2.08.